The Morgan fingerprint density at radius 1 is 0.806 bits per heavy atom. The number of hydrogen-bond donors (Lipinski definition) is 1. The van der Waals surface area contributed by atoms with E-state index in [1.807, 2.05) is 0 Å². The maximum absolute atomic E-state index is 11.5. The number of fused-ring (bicyclic) bond motifs is 1. The molecule has 4 heteroatoms. The topological polar surface area (TPSA) is 20.2 Å². The first-order valence-electron chi connectivity index (χ1n) is 12.6. The minimum atomic E-state index is -0.556. The number of phenols is 1. The molecule has 0 spiro atoms. The van der Waals surface area contributed by atoms with Gasteiger partial charge in [-0.15, -0.1) is 0 Å². The summed E-state index contributed by atoms with van der Waals surface area (Å²) >= 11 is -0.556. The van der Waals surface area contributed by atoms with Crippen LogP contribution < -0.4 is 0 Å². The van der Waals surface area contributed by atoms with E-state index < -0.39 is 17.0 Å². The van der Waals surface area contributed by atoms with Crippen LogP contribution in [0.1, 0.15) is 90.8 Å². The Balaban J connectivity index is 0.00000109. The normalized spacial score (nSPS) is 21.3. The Morgan fingerprint density at radius 3 is 1.78 bits per heavy atom. The van der Waals surface area contributed by atoms with Crippen molar-refractivity contribution in [3.05, 3.63) is 83.8 Å². The van der Waals surface area contributed by atoms with E-state index in [9.17, 15) is 5.11 Å². The molecule has 0 bridgehead atoms. The van der Waals surface area contributed by atoms with Crippen molar-refractivity contribution in [1.29, 1.82) is 0 Å². The number of benzene rings is 2. The average Bonchev–Trinajstić information content (AvgIpc) is 3.22. The van der Waals surface area contributed by atoms with Crippen LogP contribution in [0.3, 0.4) is 0 Å². The molecule has 2 atom stereocenters. The van der Waals surface area contributed by atoms with E-state index >= 15 is 0 Å². The Hall–Kier alpha value is -0.986. The molecule has 196 valence electrons. The van der Waals surface area contributed by atoms with Gasteiger partial charge >= 0.3 is 35.6 Å². The van der Waals surface area contributed by atoms with Crippen LogP contribution >= 0.6 is 18.6 Å². The molecule has 1 saturated carbocycles. The standard InChI is InChI=1S/C31H40O.CH3.2ClH.Ti/c1-19-13-14-20(2)26-16-21(15-25(19)26)23-11-9-10-12-24(23)27-17-22(30(3,4)5)18-28(29(27)32)31(6,7)8;;;;/h9-14,17-18,21,25-26,32H,15-16H2,1-8H3;1H3;2*1H;/q;-1;;;+2/p-2. The van der Waals surface area contributed by atoms with Crippen LogP contribution in [0, 0.1) is 19.3 Å². The zero-order valence-corrected chi connectivity index (χ0v) is 26.5. The summed E-state index contributed by atoms with van der Waals surface area (Å²) in [6.07, 6.45) is 7.03. The van der Waals surface area contributed by atoms with Gasteiger partial charge in [-0.2, -0.15) is 0 Å². The van der Waals surface area contributed by atoms with Crippen molar-refractivity contribution in [3.63, 3.8) is 0 Å². The van der Waals surface area contributed by atoms with Crippen LogP contribution in [0.25, 0.3) is 11.1 Å². The fourth-order valence-corrected chi connectivity index (χ4v) is 5.75. The Labute approximate surface area is 237 Å². The number of hydrogen-bond acceptors (Lipinski definition) is 1. The van der Waals surface area contributed by atoms with Crippen LogP contribution in [0.15, 0.2) is 59.7 Å². The van der Waals surface area contributed by atoms with E-state index in [-0.39, 0.29) is 18.3 Å². The van der Waals surface area contributed by atoms with Gasteiger partial charge in [0.1, 0.15) is 5.75 Å². The van der Waals surface area contributed by atoms with Crippen molar-refractivity contribution in [2.75, 3.05) is 0 Å². The zero-order valence-electron chi connectivity index (χ0n) is 23.5. The van der Waals surface area contributed by atoms with Gasteiger partial charge in [0.05, 0.1) is 0 Å². The van der Waals surface area contributed by atoms with Crippen LogP contribution in [-0.2, 0) is 27.9 Å². The molecule has 2 aromatic carbocycles. The molecule has 2 aliphatic carbocycles. The summed E-state index contributed by atoms with van der Waals surface area (Å²) in [6.45, 7) is 17.9. The van der Waals surface area contributed by atoms with Gasteiger partial charge in [0.15, 0.2) is 0 Å². The maximum atomic E-state index is 11.5. The van der Waals surface area contributed by atoms with Crippen molar-refractivity contribution in [3.8, 4) is 16.9 Å². The molecule has 1 nitrogen and oxygen atoms in total. The fourth-order valence-electron chi connectivity index (χ4n) is 5.75. The van der Waals surface area contributed by atoms with Crippen LogP contribution in [0.2, 0.25) is 0 Å². The number of halogens is 2. The Morgan fingerprint density at radius 2 is 1.31 bits per heavy atom. The van der Waals surface area contributed by atoms with Gasteiger partial charge in [0.25, 0.3) is 0 Å². The van der Waals surface area contributed by atoms with Gasteiger partial charge in [-0.3, -0.25) is 0 Å². The van der Waals surface area contributed by atoms with Gasteiger partial charge < -0.3 is 12.5 Å². The van der Waals surface area contributed by atoms with Crippen molar-refractivity contribution < 1.29 is 22.1 Å². The second kappa shape index (κ2) is 12.2. The minimum absolute atomic E-state index is 0. The molecule has 2 aromatic rings. The van der Waals surface area contributed by atoms with E-state index in [4.69, 9.17) is 18.6 Å². The van der Waals surface area contributed by atoms with E-state index in [1.54, 1.807) is 0 Å². The summed E-state index contributed by atoms with van der Waals surface area (Å²) < 4.78 is 0. The molecule has 4 rings (SSSR count). The average molecular weight is 562 g/mol. The first-order valence-corrected chi connectivity index (χ1v) is 16.9. The second-order valence-corrected chi connectivity index (χ2v) is 14.9. The number of phenolic OH excluding ortho intramolecular Hbond substituents is 1. The quantitative estimate of drug-likeness (QED) is 0.285. The molecule has 1 N–H and O–H groups in total. The number of allylic oxidation sites excluding steroid dienone is 4. The molecular formula is C32H43Cl2OTi-. The SMILES string of the molecule is CC1=CC=C(C)C2CC(c3ccccc3-c3cc(C(C)(C)C)cc(C(C)(C)C)c3O)CC12.[CH3-].[Cl][Ti][Cl]. The van der Waals surface area contributed by atoms with Crippen molar-refractivity contribution >= 4 is 18.6 Å². The van der Waals surface area contributed by atoms with Crippen molar-refractivity contribution in [1.82, 2.24) is 0 Å². The van der Waals surface area contributed by atoms with Crippen LogP contribution in [0.4, 0.5) is 0 Å². The van der Waals surface area contributed by atoms with Crippen molar-refractivity contribution in [2.45, 2.75) is 85.0 Å². The summed E-state index contributed by atoms with van der Waals surface area (Å²) in [5, 5.41) is 11.5. The molecular weight excluding hydrogens is 519 g/mol. The van der Waals surface area contributed by atoms with Gasteiger partial charge in [-0.25, -0.2) is 0 Å². The summed E-state index contributed by atoms with van der Waals surface area (Å²) in [5.41, 5.74) is 8.84. The van der Waals surface area contributed by atoms with E-state index in [1.165, 1.54) is 40.7 Å². The van der Waals surface area contributed by atoms with Gasteiger partial charge in [0.2, 0.25) is 0 Å². The number of aromatic hydroxyl groups is 1. The van der Waals surface area contributed by atoms with Gasteiger partial charge in [-0.05, 0) is 78.0 Å². The van der Waals surface area contributed by atoms with Gasteiger partial charge in [-0.1, -0.05) is 95.2 Å². The summed E-state index contributed by atoms with van der Waals surface area (Å²) in [4.78, 5) is 0. The molecule has 36 heavy (non-hydrogen) atoms. The molecule has 0 aromatic heterocycles. The Kier molecular flexibility index (Phi) is 10.6. The monoisotopic (exact) mass is 561 g/mol. The van der Waals surface area contributed by atoms with E-state index in [0.717, 1.165) is 11.1 Å². The predicted octanol–water partition coefficient (Wildman–Crippen LogP) is 10.5. The molecule has 2 aliphatic rings. The number of rotatable bonds is 2. The predicted molar refractivity (Wildman–Crippen MR) is 156 cm³/mol. The van der Waals surface area contributed by atoms with Crippen molar-refractivity contribution in [2.24, 2.45) is 11.8 Å². The van der Waals surface area contributed by atoms with Crippen LogP contribution in [-0.4, -0.2) is 5.11 Å². The third kappa shape index (κ3) is 6.71. The third-order valence-corrected chi connectivity index (χ3v) is 7.82. The summed E-state index contributed by atoms with van der Waals surface area (Å²) in [7, 11) is 9.78. The molecule has 1 fully saturated rings. The Bertz CT molecular complexity index is 1090. The molecule has 2 unspecified atom stereocenters. The zero-order chi connectivity index (χ0) is 26.1. The first kappa shape index (κ1) is 31.2. The van der Waals surface area contributed by atoms with E-state index in [2.05, 4.69) is 104 Å². The van der Waals surface area contributed by atoms with Crippen LogP contribution in [0.5, 0.6) is 5.75 Å². The summed E-state index contributed by atoms with van der Waals surface area (Å²) in [5.74, 6) is 2.26. The third-order valence-electron chi connectivity index (χ3n) is 7.82. The molecule has 0 heterocycles. The molecule has 0 aliphatic heterocycles. The van der Waals surface area contributed by atoms with E-state index in [0.29, 0.717) is 23.5 Å². The summed E-state index contributed by atoms with van der Waals surface area (Å²) in [6, 6.07) is 13.3. The second-order valence-electron chi connectivity index (χ2n) is 12.3. The van der Waals surface area contributed by atoms with Gasteiger partial charge in [0, 0.05) is 11.1 Å². The molecule has 0 radical (unpaired) electrons. The molecule has 0 amide bonds. The molecule has 0 saturated heterocycles. The first-order chi connectivity index (χ1) is 16.3. The fraction of sp³-hybridized carbons (Fsp3) is 0.469.